The number of carbonyl (C=O) groups is 2. The van der Waals surface area contributed by atoms with Gasteiger partial charge < -0.3 is 10.2 Å². The molecule has 34 heavy (non-hydrogen) atoms. The molecule has 2 aromatic rings. The van der Waals surface area contributed by atoms with Crippen molar-refractivity contribution in [2.24, 2.45) is 0 Å². The van der Waals surface area contributed by atoms with Crippen molar-refractivity contribution in [2.75, 3.05) is 30.2 Å². The van der Waals surface area contributed by atoms with Crippen LogP contribution in [0.15, 0.2) is 54.6 Å². The molecule has 7 nitrogen and oxygen atoms in total. The molecule has 0 radical (unpaired) electrons. The van der Waals surface area contributed by atoms with Gasteiger partial charge in [-0.25, -0.2) is 8.42 Å². The minimum atomic E-state index is -3.77. The van der Waals surface area contributed by atoms with E-state index in [9.17, 15) is 18.0 Å². The van der Waals surface area contributed by atoms with Crippen molar-refractivity contribution in [1.82, 2.24) is 10.2 Å². The summed E-state index contributed by atoms with van der Waals surface area (Å²) < 4.78 is 26.1. The number of halogens is 1. The highest BCUT2D eigenvalue weighted by Gasteiger charge is 2.31. The van der Waals surface area contributed by atoms with Crippen LogP contribution in [0.5, 0.6) is 0 Å². The van der Waals surface area contributed by atoms with Gasteiger partial charge >= 0.3 is 0 Å². The zero-order valence-corrected chi connectivity index (χ0v) is 21.6. The van der Waals surface area contributed by atoms with Gasteiger partial charge in [0.05, 0.1) is 11.9 Å². The van der Waals surface area contributed by atoms with Gasteiger partial charge in [0.25, 0.3) is 0 Å². The van der Waals surface area contributed by atoms with Crippen LogP contribution in [-0.2, 0) is 26.0 Å². The van der Waals surface area contributed by atoms with Crippen LogP contribution in [0.3, 0.4) is 0 Å². The Morgan fingerprint density at radius 1 is 1.06 bits per heavy atom. The van der Waals surface area contributed by atoms with Crippen LogP contribution in [0.25, 0.3) is 0 Å². The first-order valence-electron chi connectivity index (χ1n) is 11.5. The van der Waals surface area contributed by atoms with Gasteiger partial charge in [-0.05, 0) is 43.0 Å². The highest BCUT2D eigenvalue weighted by molar-refractivity contribution is 7.92. The minimum absolute atomic E-state index is 0.231. The van der Waals surface area contributed by atoms with Crippen molar-refractivity contribution in [3.63, 3.8) is 0 Å². The highest BCUT2D eigenvalue weighted by Crippen LogP contribution is 2.22. The van der Waals surface area contributed by atoms with Crippen molar-refractivity contribution in [3.8, 4) is 0 Å². The van der Waals surface area contributed by atoms with E-state index in [1.165, 1.54) is 11.0 Å². The first-order chi connectivity index (χ1) is 16.2. The van der Waals surface area contributed by atoms with Crippen LogP contribution in [0.2, 0.25) is 5.02 Å². The van der Waals surface area contributed by atoms with Crippen molar-refractivity contribution < 1.29 is 18.0 Å². The molecule has 0 aliphatic heterocycles. The summed E-state index contributed by atoms with van der Waals surface area (Å²) >= 11 is 6.06. The smallest absolute Gasteiger partial charge is 0.244 e. The summed E-state index contributed by atoms with van der Waals surface area (Å²) in [7, 11) is -3.77. The zero-order chi connectivity index (χ0) is 25.1. The Morgan fingerprint density at radius 3 is 2.35 bits per heavy atom. The van der Waals surface area contributed by atoms with E-state index in [1.54, 1.807) is 18.2 Å². The molecule has 2 amide bonds. The normalized spacial score (nSPS) is 12.1. The summed E-state index contributed by atoms with van der Waals surface area (Å²) in [5.41, 5.74) is 1.32. The summed E-state index contributed by atoms with van der Waals surface area (Å²) in [6, 6.07) is 15.3. The van der Waals surface area contributed by atoms with E-state index in [0.717, 1.165) is 29.0 Å². The zero-order valence-electron chi connectivity index (χ0n) is 20.0. The summed E-state index contributed by atoms with van der Waals surface area (Å²) in [6.45, 7) is 4.28. The topological polar surface area (TPSA) is 86.8 Å². The molecule has 0 bridgehead atoms. The predicted octanol–water partition coefficient (Wildman–Crippen LogP) is 3.87. The summed E-state index contributed by atoms with van der Waals surface area (Å²) in [5.74, 6) is -0.676. The Labute approximate surface area is 208 Å². The van der Waals surface area contributed by atoms with Crippen LogP contribution in [0, 0.1) is 0 Å². The molecule has 0 aliphatic rings. The molecule has 0 spiro atoms. The summed E-state index contributed by atoms with van der Waals surface area (Å²) in [4.78, 5) is 28.0. The summed E-state index contributed by atoms with van der Waals surface area (Å²) in [5, 5.41) is 3.27. The fourth-order valence-corrected chi connectivity index (χ4v) is 4.67. The third kappa shape index (κ3) is 8.33. The second kappa shape index (κ2) is 13.3. The van der Waals surface area contributed by atoms with E-state index in [0.29, 0.717) is 30.1 Å². The number of benzene rings is 2. The largest absolute Gasteiger partial charge is 0.354 e. The average Bonchev–Trinajstić information content (AvgIpc) is 2.80. The van der Waals surface area contributed by atoms with Crippen LogP contribution >= 0.6 is 11.6 Å². The van der Waals surface area contributed by atoms with E-state index in [2.05, 4.69) is 5.32 Å². The van der Waals surface area contributed by atoms with Gasteiger partial charge in [0.2, 0.25) is 21.8 Å². The number of nitrogens with zero attached hydrogens (tertiary/aromatic N) is 2. The second-order valence-corrected chi connectivity index (χ2v) is 10.5. The minimum Gasteiger partial charge on any atom is -0.354 e. The standard InChI is InChI=1S/C25H34ClN3O4S/c1-4-6-16-27-25(31)23(5-2)28(17-15-20-11-8-7-9-12-20)24(30)19-29(34(3,32)33)22-14-10-13-21(26)18-22/h7-14,18,23H,4-6,15-17,19H2,1-3H3,(H,27,31)/t23-/m1/s1. The number of hydrogen-bond acceptors (Lipinski definition) is 4. The molecule has 9 heteroatoms. The highest BCUT2D eigenvalue weighted by atomic mass is 35.5. The fourth-order valence-electron chi connectivity index (χ4n) is 3.65. The van der Waals surface area contributed by atoms with Crippen LogP contribution in [0.4, 0.5) is 5.69 Å². The van der Waals surface area contributed by atoms with Gasteiger partial charge in [-0.3, -0.25) is 13.9 Å². The van der Waals surface area contributed by atoms with E-state index >= 15 is 0 Å². The van der Waals surface area contributed by atoms with E-state index in [4.69, 9.17) is 11.6 Å². The van der Waals surface area contributed by atoms with Crippen LogP contribution < -0.4 is 9.62 Å². The van der Waals surface area contributed by atoms with Crippen molar-refractivity contribution in [1.29, 1.82) is 0 Å². The molecule has 1 N–H and O–H groups in total. The lowest BCUT2D eigenvalue weighted by Gasteiger charge is -2.33. The number of rotatable bonds is 13. The molecule has 0 saturated heterocycles. The molecule has 0 unspecified atom stereocenters. The Morgan fingerprint density at radius 2 is 1.76 bits per heavy atom. The SMILES string of the molecule is CCCCNC(=O)[C@@H](CC)N(CCc1ccccc1)C(=O)CN(c1cccc(Cl)c1)S(C)(=O)=O. The Balaban J connectivity index is 2.32. The van der Waals surface area contributed by atoms with Gasteiger partial charge in [-0.2, -0.15) is 0 Å². The quantitative estimate of drug-likeness (QED) is 0.417. The number of hydrogen-bond donors (Lipinski definition) is 1. The van der Waals surface area contributed by atoms with Gasteiger partial charge in [-0.1, -0.05) is 68.3 Å². The number of amides is 2. The Bertz CT molecular complexity index is 1050. The maximum atomic E-state index is 13.5. The van der Waals surface area contributed by atoms with Crippen molar-refractivity contribution in [2.45, 2.75) is 45.6 Å². The second-order valence-electron chi connectivity index (χ2n) is 8.14. The maximum Gasteiger partial charge on any atom is 0.244 e. The number of carbonyl (C=O) groups excluding carboxylic acids is 2. The molecule has 1 atom stereocenters. The van der Waals surface area contributed by atoms with Crippen LogP contribution in [-0.4, -0.2) is 57.1 Å². The molecule has 2 rings (SSSR count). The van der Waals surface area contributed by atoms with Gasteiger partial charge in [0.15, 0.2) is 0 Å². The molecule has 0 heterocycles. The van der Waals surface area contributed by atoms with E-state index in [1.807, 2.05) is 44.2 Å². The first kappa shape index (κ1) is 27.7. The lowest BCUT2D eigenvalue weighted by Crippen LogP contribution is -2.53. The number of unbranched alkanes of at least 4 members (excludes halogenated alkanes) is 1. The van der Waals surface area contributed by atoms with Gasteiger partial charge in [0.1, 0.15) is 12.6 Å². The summed E-state index contributed by atoms with van der Waals surface area (Å²) in [6.07, 6.45) is 3.79. The third-order valence-corrected chi connectivity index (χ3v) is 6.85. The number of sulfonamides is 1. The first-order valence-corrected chi connectivity index (χ1v) is 13.7. The molecular formula is C25H34ClN3O4S. The lowest BCUT2D eigenvalue weighted by molar-refractivity contribution is -0.139. The van der Waals surface area contributed by atoms with Gasteiger partial charge in [-0.15, -0.1) is 0 Å². The third-order valence-electron chi connectivity index (χ3n) is 5.48. The monoisotopic (exact) mass is 507 g/mol. The molecule has 0 aromatic heterocycles. The average molecular weight is 508 g/mol. The maximum absolute atomic E-state index is 13.5. The molecule has 0 saturated carbocycles. The van der Waals surface area contributed by atoms with Crippen molar-refractivity contribution >= 4 is 39.1 Å². The lowest BCUT2D eigenvalue weighted by atomic mass is 10.1. The number of anilines is 1. The molecule has 2 aromatic carbocycles. The van der Waals surface area contributed by atoms with E-state index < -0.39 is 28.5 Å². The molecule has 0 fully saturated rings. The molecular weight excluding hydrogens is 474 g/mol. The Hall–Kier alpha value is -2.58. The molecule has 186 valence electrons. The predicted molar refractivity (Wildman–Crippen MR) is 137 cm³/mol. The Kier molecular flexibility index (Phi) is 10.9. The number of nitrogens with one attached hydrogen (secondary N) is 1. The van der Waals surface area contributed by atoms with E-state index in [-0.39, 0.29) is 12.5 Å². The molecule has 0 aliphatic carbocycles. The van der Waals surface area contributed by atoms with Gasteiger partial charge in [0, 0.05) is 18.1 Å². The fraction of sp³-hybridized carbons (Fsp3) is 0.440. The van der Waals surface area contributed by atoms with Crippen molar-refractivity contribution in [3.05, 3.63) is 65.2 Å². The van der Waals surface area contributed by atoms with Crippen LogP contribution in [0.1, 0.15) is 38.7 Å².